The summed E-state index contributed by atoms with van der Waals surface area (Å²) >= 11 is 0. The van der Waals surface area contributed by atoms with E-state index < -0.39 is 10.0 Å². The zero-order chi connectivity index (χ0) is 14.6. The summed E-state index contributed by atoms with van der Waals surface area (Å²) in [6, 6.07) is 6.58. The average molecular weight is 298 g/mol. The number of hydrogen-bond acceptors (Lipinski definition) is 7. The van der Waals surface area contributed by atoms with Gasteiger partial charge in [0.1, 0.15) is 18.1 Å². The summed E-state index contributed by atoms with van der Waals surface area (Å²) in [5, 5.41) is 3.48. The third-order valence-electron chi connectivity index (χ3n) is 2.25. The van der Waals surface area contributed by atoms with E-state index in [0.717, 1.165) is 0 Å². The van der Waals surface area contributed by atoms with Crippen molar-refractivity contribution in [3.63, 3.8) is 0 Å². The molecule has 0 spiro atoms. The Kier molecular flexibility index (Phi) is 4.08. The van der Waals surface area contributed by atoms with Crippen molar-refractivity contribution in [2.24, 2.45) is 0 Å². The van der Waals surface area contributed by atoms with E-state index in [0.29, 0.717) is 17.3 Å². The normalized spacial score (nSPS) is 11.2. The molecule has 0 amide bonds. The fraction of sp³-hybridized carbons (Fsp3) is 0.273. The van der Waals surface area contributed by atoms with Crippen molar-refractivity contribution in [3.05, 3.63) is 30.1 Å². The number of benzene rings is 1. The van der Waals surface area contributed by atoms with Crippen molar-refractivity contribution >= 4 is 21.7 Å². The largest absolute Gasteiger partial charge is 0.492 e. The molecule has 1 aromatic heterocycles. The lowest BCUT2D eigenvalue weighted by molar-refractivity contribution is 0.341. The Morgan fingerprint density at radius 3 is 2.90 bits per heavy atom. The monoisotopic (exact) mass is 298 g/mol. The molecule has 0 radical (unpaired) electrons. The molecule has 108 valence electrons. The van der Waals surface area contributed by atoms with Crippen LogP contribution in [0.2, 0.25) is 0 Å². The van der Waals surface area contributed by atoms with Gasteiger partial charge in [0.2, 0.25) is 10.0 Å². The van der Waals surface area contributed by atoms with Crippen molar-refractivity contribution in [2.45, 2.75) is 6.92 Å². The van der Waals surface area contributed by atoms with Crippen LogP contribution >= 0.6 is 0 Å². The minimum atomic E-state index is -3.60. The second-order valence-corrected chi connectivity index (χ2v) is 5.83. The summed E-state index contributed by atoms with van der Waals surface area (Å²) in [6.07, 6.45) is 0. The first kappa shape index (κ1) is 14.1. The lowest BCUT2D eigenvalue weighted by atomic mass is 10.3. The molecule has 2 aromatic rings. The van der Waals surface area contributed by atoms with Crippen LogP contribution in [-0.4, -0.2) is 30.9 Å². The summed E-state index contributed by atoms with van der Waals surface area (Å²) in [4.78, 5) is 3.75. The van der Waals surface area contributed by atoms with Gasteiger partial charge in [0, 0.05) is 11.8 Å². The minimum absolute atomic E-state index is 0.0219. The van der Waals surface area contributed by atoms with Crippen LogP contribution in [0.25, 0.3) is 0 Å². The maximum absolute atomic E-state index is 11.7. The van der Waals surface area contributed by atoms with Crippen LogP contribution in [0.5, 0.6) is 5.75 Å². The molecule has 0 unspecified atom stereocenters. The summed E-state index contributed by atoms with van der Waals surface area (Å²) in [6.45, 7) is 1.57. The average Bonchev–Trinajstić information content (AvgIpc) is 2.73. The molecule has 0 aliphatic carbocycles. The number of rotatable bonds is 6. The number of aryl methyl sites for hydroxylation is 1. The van der Waals surface area contributed by atoms with Gasteiger partial charge in [-0.3, -0.25) is 0 Å². The first-order valence-corrected chi connectivity index (χ1v) is 7.39. The molecule has 0 bridgehead atoms. The Balaban J connectivity index is 1.86. The van der Waals surface area contributed by atoms with Gasteiger partial charge in [0.05, 0.1) is 0 Å². The molecule has 8 nitrogen and oxygen atoms in total. The highest BCUT2D eigenvalue weighted by Crippen LogP contribution is 2.14. The predicted octanol–water partition coefficient (Wildman–Crippen LogP) is 0.781. The van der Waals surface area contributed by atoms with Crippen molar-refractivity contribution in [2.75, 3.05) is 22.8 Å². The summed E-state index contributed by atoms with van der Waals surface area (Å²) in [7, 11) is -3.60. The number of ether oxygens (including phenoxy) is 1. The van der Waals surface area contributed by atoms with Gasteiger partial charge < -0.3 is 15.0 Å². The number of aromatic nitrogens is 2. The summed E-state index contributed by atoms with van der Waals surface area (Å²) in [5.74, 6) is 0.607. The van der Waals surface area contributed by atoms with Crippen LogP contribution in [0, 0.1) is 6.92 Å². The molecule has 9 heteroatoms. The van der Waals surface area contributed by atoms with Crippen LogP contribution in [-0.2, 0) is 10.0 Å². The van der Waals surface area contributed by atoms with E-state index in [4.69, 9.17) is 10.5 Å². The predicted molar refractivity (Wildman–Crippen MR) is 72.8 cm³/mol. The fourth-order valence-electron chi connectivity index (χ4n) is 1.40. The van der Waals surface area contributed by atoms with E-state index in [-0.39, 0.29) is 18.4 Å². The molecule has 0 atom stereocenters. The number of anilines is 2. The number of nitrogens with two attached hydrogens (primary N) is 1. The molecule has 2 rings (SSSR count). The van der Waals surface area contributed by atoms with Gasteiger partial charge in [-0.25, -0.2) is 13.1 Å². The molecule has 0 aliphatic rings. The number of hydrogen-bond donors (Lipinski definition) is 2. The first-order valence-electron chi connectivity index (χ1n) is 5.74. The van der Waals surface area contributed by atoms with Gasteiger partial charge in [0.25, 0.3) is 0 Å². The molecular formula is C11H14N4O4S. The lowest BCUT2D eigenvalue weighted by Gasteiger charge is -2.07. The van der Waals surface area contributed by atoms with Crippen LogP contribution < -0.4 is 15.2 Å². The Morgan fingerprint density at radius 2 is 2.25 bits per heavy atom. The highest BCUT2D eigenvalue weighted by atomic mass is 32.2. The number of nitrogens with zero attached hydrogens (tertiary/aromatic N) is 2. The molecule has 0 aliphatic heterocycles. The highest BCUT2D eigenvalue weighted by molar-refractivity contribution is 7.92. The molecular weight excluding hydrogens is 284 g/mol. The number of nitrogen functional groups attached to an aromatic ring is 1. The Labute approximate surface area is 116 Å². The third kappa shape index (κ3) is 4.12. The molecule has 0 fully saturated rings. The number of sulfonamides is 1. The smallest absolute Gasteiger partial charge is 0.335 e. The van der Waals surface area contributed by atoms with Crippen LogP contribution in [0.1, 0.15) is 5.82 Å². The van der Waals surface area contributed by atoms with Crippen molar-refractivity contribution in [1.82, 2.24) is 10.1 Å². The summed E-state index contributed by atoms with van der Waals surface area (Å²) < 4.78 is 35.6. The van der Waals surface area contributed by atoms with Gasteiger partial charge >= 0.3 is 6.01 Å². The van der Waals surface area contributed by atoms with Gasteiger partial charge in [0.15, 0.2) is 5.82 Å². The van der Waals surface area contributed by atoms with E-state index in [2.05, 4.69) is 19.4 Å². The van der Waals surface area contributed by atoms with Gasteiger partial charge in [-0.1, -0.05) is 11.2 Å². The second kappa shape index (κ2) is 5.78. The van der Waals surface area contributed by atoms with Crippen LogP contribution in [0.15, 0.2) is 28.8 Å². The van der Waals surface area contributed by atoms with Crippen LogP contribution in [0.3, 0.4) is 0 Å². The van der Waals surface area contributed by atoms with Crippen molar-refractivity contribution in [3.8, 4) is 5.75 Å². The molecule has 0 saturated heterocycles. The molecule has 1 heterocycles. The van der Waals surface area contributed by atoms with Crippen molar-refractivity contribution in [1.29, 1.82) is 0 Å². The zero-order valence-electron chi connectivity index (χ0n) is 10.7. The van der Waals surface area contributed by atoms with Crippen LogP contribution in [0.4, 0.5) is 11.7 Å². The van der Waals surface area contributed by atoms with E-state index in [1.807, 2.05) is 0 Å². The van der Waals surface area contributed by atoms with E-state index >= 15 is 0 Å². The second-order valence-electron chi connectivity index (χ2n) is 3.99. The molecule has 0 saturated carbocycles. The Bertz CT molecular complexity index is 683. The quantitative estimate of drug-likeness (QED) is 0.756. The zero-order valence-corrected chi connectivity index (χ0v) is 11.6. The van der Waals surface area contributed by atoms with E-state index in [1.54, 1.807) is 31.2 Å². The first-order chi connectivity index (χ1) is 9.44. The van der Waals surface area contributed by atoms with E-state index in [1.165, 1.54) is 0 Å². The maximum atomic E-state index is 11.7. The Hall–Kier alpha value is -2.29. The molecule has 1 aromatic carbocycles. The van der Waals surface area contributed by atoms with E-state index in [9.17, 15) is 8.42 Å². The maximum Gasteiger partial charge on any atom is 0.335 e. The minimum Gasteiger partial charge on any atom is -0.492 e. The lowest BCUT2D eigenvalue weighted by Crippen LogP contribution is -2.21. The van der Waals surface area contributed by atoms with Crippen molar-refractivity contribution < 1.29 is 17.7 Å². The SMILES string of the molecule is Cc1noc(NS(=O)(=O)CCOc2cccc(N)c2)n1. The standard InChI is InChI=1S/C11H14N4O4S/c1-8-13-11(19-14-8)15-20(16,17)6-5-18-10-4-2-3-9(12)7-10/h2-4,7H,5-6,12H2,1H3,(H,13,14,15). The Morgan fingerprint density at radius 1 is 1.45 bits per heavy atom. The highest BCUT2D eigenvalue weighted by Gasteiger charge is 2.14. The number of nitrogens with one attached hydrogen (secondary N) is 1. The van der Waals surface area contributed by atoms with Gasteiger partial charge in [-0.2, -0.15) is 4.98 Å². The molecule has 3 N–H and O–H groups in total. The third-order valence-corrected chi connectivity index (χ3v) is 3.44. The fourth-order valence-corrected chi connectivity index (χ4v) is 2.15. The summed E-state index contributed by atoms with van der Waals surface area (Å²) in [5.41, 5.74) is 6.13. The van der Waals surface area contributed by atoms with Gasteiger partial charge in [-0.15, -0.1) is 0 Å². The van der Waals surface area contributed by atoms with Gasteiger partial charge in [-0.05, 0) is 19.1 Å². The molecule has 20 heavy (non-hydrogen) atoms. The topological polar surface area (TPSA) is 120 Å².